The van der Waals surface area contributed by atoms with Gasteiger partial charge < -0.3 is 9.47 Å². The molecule has 0 aliphatic carbocycles. The first kappa shape index (κ1) is 13.1. The van der Waals surface area contributed by atoms with Crippen LogP contribution in [-0.4, -0.2) is 20.2 Å². The van der Waals surface area contributed by atoms with Crippen molar-refractivity contribution in [2.24, 2.45) is 0 Å². The maximum Gasteiger partial charge on any atom is 0.337 e. The van der Waals surface area contributed by atoms with Crippen molar-refractivity contribution in [3.63, 3.8) is 0 Å². The van der Waals surface area contributed by atoms with Gasteiger partial charge in [-0.1, -0.05) is 18.8 Å². The van der Waals surface area contributed by atoms with Gasteiger partial charge >= 0.3 is 5.97 Å². The van der Waals surface area contributed by atoms with Crippen LogP contribution < -0.4 is 4.74 Å². The molecule has 1 aromatic carbocycles. The molecule has 1 rings (SSSR count). The van der Waals surface area contributed by atoms with Crippen LogP contribution in [-0.2, 0) is 4.74 Å². The summed E-state index contributed by atoms with van der Waals surface area (Å²) in [7, 11) is 2.91. The van der Waals surface area contributed by atoms with Gasteiger partial charge in [-0.05, 0) is 24.6 Å². The Bertz CT molecular complexity index is 452. The number of carbonyl (C=O) groups excluding carboxylic acids is 1. The highest BCUT2D eigenvalue weighted by molar-refractivity contribution is 5.90. The molecule has 0 unspecified atom stereocenters. The number of rotatable bonds is 3. The Morgan fingerprint density at radius 2 is 2.12 bits per heavy atom. The topological polar surface area (TPSA) is 35.5 Å². The molecule has 0 atom stereocenters. The van der Waals surface area contributed by atoms with Gasteiger partial charge in [0.05, 0.1) is 25.3 Å². The van der Waals surface area contributed by atoms with Crippen molar-refractivity contribution < 1.29 is 14.3 Å². The Balaban J connectivity index is 3.02. The van der Waals surface area contributed by atoms with E-state index in [1.165, 1.54) is 7.11 Å². The zero-order valence-electron chi connectivity index (χ0n) is 10.4. The molecule has 3 heteroatoms. The molecule has 3 nitrogen and oxygen atoms in total. The third kappa shape index (κ3) is 3.53. The standard InChI is InChI=1S/C14H16O3/c1-4-5-6-7-11-8-9-12(14(15)17-3)10-13(11)16-2/h8-10H,4-5H2,1-3H3. The minimum Gasteiger partial charge on any atom is -0.495 e. The molecule has 0 spiro atoms. The van der Waals surface area contributed by atoms with Gasteiger partial charge in [-0.3, -0.25) is 0 Å². The molecule has 0 aliphatic rings. The molecular weight excluding hydrogens is 216 g/mol. The van der Waals surface area contributed by atoms with Crippen molar-refractivity contribution in [3.05, 3.63) is 29.3 Å². The predicted molar refractivity (Wildman–Crippen MR) is 66.1 cm³/mol. The summed E-state index contributed by atoms with van der Waals surface area (Å²) in [6, 6.07) is 5.10. The van der Waals surface area contributed by atoms with E-state index in [1.807, 2.05) is 0 Å². The number of carbonyl (C=O) groups is 1. The Hall–Kier alpha value is -1.95. The second-order valence-electron chi connectivity index (χ2n) is 3.46. The number of esters is 1. The van der Waals surface area contributed by atoms with Crippen LogP contribution >= 0.6 is 0 Å². The first-order chi connectivity index (χ1) is 8.22. The molecule has 0 saturated heterocycles. The highest BCUT2D eigenvalue weighted by Gasteiger charge is 2.08. The van der Waals surface area contributed by atoms with Gasteiger partial charge in [-0.15, -0.1) is 0 Å². The smallest absolute Gasteiger partial charge is 0.337 e. The average Bonchev–Trinajstić information content (AvgIpc) is 2.38. The van der Waals surface area contributed by atoms with E-state index >= 15 is 0 Å². The van der Waals surface area contributed by atoms with Crippen molar-refractivity contribution in [1.82, 2.24) is 0 Å². The van der Waals surface area contributed by atoms with Crippen LogP contribution in [0.5, 0.6) is 5.75 Å². The Kier molecular flexibility index (Phi) is 5.09. The molecule has 1 aromatic rings. The quantitative estimate of drug-likeness (QED) is 0.593. The summed E-state index contributed by atoms with van der Waals surface area (Å²) in [5, 5.41) is 0. The Labute approximate surface area is 102 Å². The van der Waals surface area contributed by atoms with Gasteiger partial charge in [0, 0.05) is 6.42 Å². The molecule has 17 heavy (non-hydrogen) atoms. The summed E-state index contributed by atoms with van der Waals surface area (Å²) in [5.41, 5.74) is 1.25. The number of unbranched alkanes of at least 4 members (excludes halogenated alkanes) is 1. The third-order valence-electron chi connectivity index (χ3n) is 2.22. The zero-order chi connectivity index (χ0) is 12.7. The second kappa shape index (κ2) is 6.59. The van der Waals surface area contributed by atoms with Gasteiger partial charge in [0.25, 0.3) is 0 Å². The Morgan fingerprint density at radius 3 is 2.71 bits per heavy atom. The zero-order valence-corrected chi connectivity index (χ0v) is 10.4. The highest BCUT2D eigenvalue weighted by Crippen LogP contribution is 2.19. The lowest BCUT2D eigenvalue weighted by molar-refractivity contribution is 0.0600. The molecular formula is C14H16O3. The van der Waals surface area contributed by atoms with E-state index in [0.717, 1.165) is 18.4 Å². The van der Waals surface area contributed by atoms with Gasteiger partial charge in [0.15, 0.2) is 0 Å². The highest BCUT2D eigenvalue weighted by atomic mass is 16.5. The fourth-order valence-corrected chi connectivity index (χ4v) is 1.32. The van der Waals surface area contributed by atoms with E-state index in [4.69, 9.17) is 4.74 Å². The molecule has 0 fully saturated rings. The fraction of sp³-hybridized carbons (Fsp3) is 0.357. The predicted octanol–water partition coefficient (Wildman–Crippen LogP) is 2.63. The van der Waals surface area contributed by atoms with Crippen molar-refractivity contribution in [1.29, 1.82) is 0 Å². The monoisotopic (exact) mass is 232 g/mol. The van der Waals surface area contributed by atoms with E-state index in [-0.39, 0.29) is 5.97 Å². The maximum atomic E-state index is 11.3. The van der Waals surface area contributed by atoms with Crippen LogP contribution in [0, 0.1) is 11.8 Å². The van der Waals surface area contributed by atoms with Crippen molar-refractivity contribution in [2.45, 2.75) is 19.8 Å². The van der Waals surface area contributed by atoms with Crippen molar-refractivity contribution in [2.75, 3.05) is 14.2 Å². The molecule has 0 bridgehead atoms. The van der Waals surface area contributed by atoms with Crippen molar-refractivity contribution >= 4 is 5.97 Å². The van der Waals surface area contributed by atoms with Gasteiger partial charge in [-0.25, -0.2) is 4.79 Å². The van der Waals surface area contributed by atoms with Crippen LogP contribution in [0.15, 0.2) is 18.2 Å². The van der Waals surface area contributed by atoms with Gasteiger partial charge in [0.2, 0.25) is 0 Å². The molecule has 0 radical (unpaired) electrons. The summed E-state index contributed by atoms with van der Waals surface area (Å²) in [6.45, 7) is 2.08. The SMILES string of the molecule is CCCC#Cc1ccc(C(=O)OC)cc1OC. The van der Waals surface area contributed by atoms with Crippen LogP contribution in [0.25, 0.3) is 0 Å². The van der Waals surface area contributed by atoms with Gasteiger partial charge in [0.1, 0.15) is 5.75 Å². The Morgan fingerprint density at radius 1 is 1.35 bits per heavy atom. The molecule has 0 aromatic heterocycles. The maximum absolute atomic E-state index is 11.3. The summed E-state index contributed by atoms with van der Waals surface area (Å²) in [5.74, 6) is 6.28. The number of hydrogen-bond donors (Lipinski definition) is 0. The molecule has 0 saturated carbocycles. The normalized spacial score (nSPS) is 9.12. The average molecular weight is 232 g/mol. The first-order valence-electron chi connectivity index (χ1n) is 5.48. The van der Waals surface area contributed by atoms with Crippen LogP contribution in [0.2, 0.25) is 0 Å². The summed E-state index contributed by atoms with van der Waals surface area (Å²) < 4.78 is 9.84. The van der Waals surface area contributed by atoms with Gasteiger partial charge in [-0.2, -0.15) is 0 Å². The molecule has 0 aliphatic heterocycles. The summed E-state index contributed by atoms with van der Waals surface area (Å²) in [6.07, 6.45) is 1.87. The van der Waals surface area contributed by atoms with Crippen LogP contribution in [0.1, 0.15) is 35.7 Å². The third-order valence-corrected chi connectivity index (χ3v) is 2.22. The minimum atomic E-state index is -0.378. The van der Waals surface area contributed by atoms with Crippen molar-refractivity contribution in [3.8, 4) is 17.6 Å². The first-order valence-corrected chi connectivity index (χ1v) is 5.48. The summed E-state index contributed by atoms with van der Waals surface area (Å²) >= 11 is 0. The molecule has 0 N–H and O–H groups in total. The number of hydrogen-bond acceptors (Lipinski definition) is 3. The summed E-state index contributed by atoms with van der Waals surface area (Å²) in [4.78, 5) is 11.3. The lowest BCUT2D eigenvalue weighted by Crippen LogP contribution is -2.02. The minimum absolute atomic E-state index is 0.378. The second-order valence-corrected chi connectivity index (χ2v) is 3.46. The van der Waals surface area contributed by atoms with E-state index in [0.29, 0.717) is 11.3 Å². The van der Waals surface area contributed by atoms with E-state index in [1.54, 1.807) is 25.3 Å². The number of benzene rings is 1. The number of methoxy groups -OCH3 is 2. The fourth-order valence-electron chi connectivity index (χ4n) is 1.32. The largest absolute Gasteiger partial charge is 0.495 e. The molecule has 0 amide bonds. The van der Waals surface area contributed by atoms with Crippen LogP contribution in [0.3, 0.4) is 0 Å². The lowest BCUT2D eigenvalue weighted by Gasteiger charge is -2.05. The van der Waals surface area contributed by atoms with Crippen LogP contribution in [0.4, 0.5) is 0 Å². The number of ether oxygens (including phenoxy) is 2. The lowest BCUT2D eigenvalue weighted by atomic mass is 10.1. The van der Waals surface area contributed by atoms with E-state index in [2.05, 4.69) is 23.5 Å². The molecule has 0 heterocycles. The molecule has 90 valence electrons. The van der Waals surface area contributed by atoms with E-state index in [9.17, 15) is 4.79 Å². The van der Waals surface area contributed by atoms with E-state index < -0.39 is 0 Å².